The predicted molar refractivity (Wildman–Crippen MR) is 57.7 cm³/mol. The summed E-state index contributed by atoms with van der Waals surface area (Å²) in [5.41, 5.74) is -0.743. The summed E-state index contributed by atoms with van der Waals surface area (Å²) in [5.74, 6) is -2.25. The van der Waals surface area contributed by atoms with Gasteiger partial charge in [-0.05, 0) is 6.07 Å². The summed E-state index contributed by atoms with van der Waals surface area (Å²) in [4.78, 5) is 30.8. The number of nitro benzene ring substituents is 1. The van der Waals surface area contributed by atoms with Crippen LogP contribution in [0.3, 0.4) is 0 Å². The maximum Gasteiger partial charge on any atom is 0.323 e. The highest BCUT2D eigenvalue weighted by atomic mass is 19.1. The molecule has 0 aromatic heterocycles. The molecule has 96 valence electrons. The summed E-state index contributed by atoms with van der Waals surface area (Å²) in [6.45, 7) is -0.625. The van der Waals surface area contributed by atoms with Gasteiger partial charge in [0.05, 0.1) is 16.7 Å². The van der Waals surface area contributed by atoms with Gasteiger partial charge in [0.15, 0.2) is 5.82 Å². The molecule has 0 aliphatic rings. The van der Waals surface area contributed by atoms with Crippen LogP contribution >= 0.6 is 0 Å². The van der Waals surface area contributed by atoms with Crippen LogP contribution in [-0.2, 0) is 4.79 Å². The Morgan fingerprint density at radius 3 is 2.61 bits per heavy atom. The number of rotatable bonds is 4. The van der Waals surface area contributed by atoms with Crippen molar-refractivity contribution in [3.8, 4) is 0 Å². The number of aliphatic carboxylic acids is 1. The van der Waals surface area contributed by atoms with Gasteiger partial charge in [-0.15, -0.1) is 0 Å². The topological polar surface area (TPSA) is 122 Å². The number of anilines is 1. The molecular weight excluding hydrogens is 249 g/mol. The Morgan fingerprint density at radius 2 is 2.11 bits per heavy atom. The predicted octanol–water partition coefficient (Wildman–Crippen LogP) is 0.940. The molecule has 0 aliphatic carbocycles. The van der Waals surface area contributed by atoms with E-state index in [1.54, 1.807) is 0 Å². The van der Waals surface area contributed by atoms with E-state index < -0.39 is 35.0 Å². The van der Waals surface area contributed by atoms with E-state index in [9.17, 15) is 24.1 Å². The molecule has 2 amide bonds. The Hall–Kier alpha value is -2.71. The minimum Gasteiger partial charge on any atom is -0.480 e. The molecule has 0 radical (unpaired) electrons. The van der Waals surface area contributed by atoms with Crippen LogP contribution in [0.5, 0.6) is 0 Å². The minimum atomic E-state index is -1.26. The highest BCUT2D eigenvalue weighted by molar-refractivity contribution is 5.91. The number of hydrogen-bond donors (Lipinski definition) is 3. The van der Waals surface area contributed by atoms with Crippen molar-refractivity contribution >= 4 is 23.4 Å². The van der Waals surface area contributed by atoms with Gasteiger partial charge in [0.25, 0.3) is 5.69 Å². The van der Waals surface area contributed by atoms with Crippen LogP contribution in [0, 0.1) is 15.9 Å². The number of carbonyl (C=O) groups is 2. The maximum atomic E-state index is 13.3. The number of carboxylic acid groups (broad SMARTS) is 1. The second kappa shape index (κ2) is 5.57. The fourth-order valence-corrected chi connectivity index (χ4v) is 1.04. The lowest BCUT2D eigenvalue weighted by Crippen LogP contribution is -2.33. The molecule has 0 saturated heterocycles. The molecule has 0 saturated carbocycles. The first-order valence-electron chi connectivity index (χ1n) is 4.60. The van der Waals surface area contributed by atoms with Gasteiger partial charge in [0.2, 0.25) is 0 Å². The van der Waals surface area contributed by atoms with Crippen LogP contribution in [-0.4, -0.2) is 28.6 Å². The third-order valence-electron chi connectivity index (χ3n) is 1.81. The molecule has 0 aliphatic heterocycles. The molecule has 9 heteroatoms. The van der Waals surface area contributed by atoms with Crippen molar-refractivity contribution in [2.45, 2.75) is 0 Å². The first-order valence-corrected chi connectivity index (χ1v) is 4.60. The summed E-state index contributed by atoms with van der Waals surface area (Å²) in [7, 11) is 0. The van der Waals surface area contributed by atoms with Gasteiger partial charge in [-0.1, -0.05) is 0 Å². The van der Waals surface area contributed by atoms with E-state index in [1.807, 2.05) is 10.6 Å². The lowest BCUT2D eigenvalue weighted by molar-refractivity contribution is -0.385. The number of urea groups is 1. The Kier molecular flexibility index (Phi) is 4.13. The van der Waals surface area contributed by atoms with Crippen LogP contribution < -0.4 is 10.6 Å². The Morgan fingerprint density at radius 1 is 1.44 bits per heavy atom. The van der Waals surface area contributed by atoms with Gasteiger partial charge in [-0.2, -0.15) is 0 Å². The lowest BCUT2D eigenvalue weighted by atomic mass is 10.2. The van der Waals surface area contributed by atoms with Crippen LogP contribution in [0.2, 0.25) is 0 Å². The maximum absolute atomic E-state index is 13.3. The largest absolute Gasteiger partial charge is 0.480 e. The van der Waals surface area contributed by atoms with E-state index in [1.165, 1.54) is 0 Å². The molecule has 1 aromatic carbocycles. The summed E-state index contributed by atoms with van der Waals surface area (Å²) < 4.78 is 13.3. The number of nitro groups is 1. The monoisotopic (exact) mass is 257 g/mol. The van der Waals surface area contributed by atoms with Crippen molar-refractivity contribution in [1.82, 2.24) is 5.32 Å². The van der Waals surface area contributed by atoms with Gasteiger partial charge in [0.1, 0.15) is 6.54 Å². The van der Waals surface area contributed by atoms with E-state index in [0.29, 0.717) is 6.07 Å². The average molecular weight is 257 g/mol. The molecule has 3 N–H and O–H groups in total. The van der Waals surface area contributed by atoms with Gasteiger partial charge in [0, 0.05) is 6.07 Å². The molecule has 0 unspecified atom stereocenters. The number of carboxylic acids is 1. The lowest BCUT2D eigenvalue weighted by Gasteiger charge is -2.06. The Balaban J connectivity index is 2.70. The van der Waals surface area contributed by atoms with Crippen molar-refractivity contribution in [2.75, 3.05) is 11.9 Å². The summed E-state index contributed by atoms with van der Waals surface area (Å²) in [5, 5.41) is 22.6. The first kappa shape index (κ1) is 13.4. The van der Waals surface area contributed by atoms with E-state index in [2.05, 4.69) is 0 Å². The SMILES string of the molecule is O=C(O)CNC(=O)Nc1ccc([N+](=O)[O-])cc1F. The van der Waals surface area contributed by atoms with Gasteiger partial charge >= 0.3 is 12.0 Å². The fourth-order valence-electron chi connectivity index (χ4n) is 1.04. The van der Waals surface area contributed by atoms with Crippen LogP contribution in [0.4, 0.5) is 20.6 Å². The van der Waals surface area contributed by atoms with E-state index in [4.69, 9.17) is 5.11 Å². The van der Waals surface area contributed by atoms with Crippen LogP contribution in [0.1, 0.15) is 0 Å². The minimum absolute atomic E-state index is 0.288. The van der Waals surface area contributed by atoms with Gasteiger partial charge < -0.3 is 15.7 Å². The highest BCUT2D eigenvalue weighted by Gasteiger charge is 2.12. The quantitative estimate of drug-likeness (QED) is 0.547. The number of benzene rings is 1. The van der Waals surface area contributed by atoms with Crippen molar-refractivity contribution in [2.24, 2.45) is 0 Å². The number of halogens is 1. The molecule has 8 nitrogen and oxygen atoms in total. The molecule has 18 heavy (non-hydrogen) atoms. The first-order chi connectivity index (χ1) is 8.40. The van der Waals surface area contributed by atoms with Crippen molar-refractivity contribution in [3.05, 3.63) is 34.1 Å². The molecular formula is C9H8FN3O5. The van der Waals surface area contributed by atoms with E-state index in [0.717, 1.165) is 12.1 Å². The third kappa shape index (κ3) is 3.70. The van der Waals surface area contributed by atoms with Crippen molar-refractivity contribution in [3.63, 3.8) is 0 Å². The molecule has 0 heterocycles. The normalized spacial score (nSPS) is 9.61. The van der Waals surface area contributed by atoms with Gasteiger partial charge in [-0.25, -0.2) is 9.18 Å². The average Bonchev–Trinajstić information content (AvgIpc) is 2.29. The molecule has 0 bridgehead atoms. The molecule has 0 fully saturated rings. The number of nitrogens with one attached hydrogen (secondary N) is 2. The van der Waals surface area contributed by atoms with Crippen LogP contribution in [0.25, 0.3) is 0 Å². The standard InChI is InChI=1S/C9H8FN3O5/c10-6-3-5(13(17)18)1-2-7(6)12-9(16)11-4-8(14)15/h1-3H,4H2,(H,14,15)(H2,11,12,16). The number of hydrogen-bond acceptors (Lipinski definition) is 4. The fraction of sp³-hybridized carbons (Fsp3) is 0.111. The van der Waals surface area contributed by atoms with Crippen LogP contribution in [0.15, 0.2) is 18.2 Å². The smallest absolute Gasteiger partial charge is 0.323 e. The number of non-ortho nitro benzene ring substituents is 1. The number of nitrogens with zero attached hydrogens (tertiary/aromatic N) is 1. The second-order valence-corrected chi connectivity index (χ2v) is 3.12. The zero-order chi connectivity index (χ0) is 13.7. The van der Waals surface area contributed by atoms with Gasteiger partial charge in [-0.3, -0.25) is 14.9 Å². The van der Waals surface area contributed by atoms with E-state index >= 15 is 0 Å². The Bertz CT molecular complexity index is 505. The summed E-state index contributed by atoms with van der Waals surface area (Å²) >= 11 is 0. The number of amides is 2. The highest BCUT2D eigenvalue weighted by Crippen LogP contribution is 2.20. The Labute approximate surface area is 99.6 Å². The summed E-state index contributed by atoms with van der Waals surface area (Å²) in [6.07, 6.45) is 0. The molecule has 1 rings (SSSR count). The molecule has 1 aromatic rings. The van der Waals surface area contributed by atoms with Crippen molar-refractivity contribution < 1.29 is 24.0 Å². The number of carbonyl (C=O) groups excluding carboxylic acids is 1. The second-order valence-electron chi connectivity index (χ2n) is 3.12. The van der Waals surface area contributed by atoms with Crippen molar-refractivity contribution in [1.29, 1.82) is 0 Å². The zero-order valence-corrected chi connectivity index (χ0v) is 8.84. The summed E-state index contributed by atoms with van der Waals surface area (Å²) in [6, 6.07) is 1.74. The molecule has 0 atom stereocenters. The van der Waals surface area contributed by atoms with E-state index in [-0.39, 0.29) is 5.69 Å². The molecule has 0 spiro atoms. The third-order valence-corrected chi connectivity index (χ3v) is 1.81. The zero-order valence-electron chi connectivity index (χ0n) is 8.84.